The smallest absolute Gasteiger partial charge is 0.255 e. The third-order valence-electron chi connectivity index (χ3n) is 3.70. The quantitative estimate of drug-likeness (QED) is 0.684. The maximum absolute atomic E-state index is 12.3. The first-order valence-corrected chi connectivity index (χ1v) is 8.07. The van der Waals surface area contributed by atoms with Crippen LogP contribution < -0.4 is 16.4 Å². The van der Waals surface area contributed by atoms with Crippen LogP contribution in [0, 0.1) is 6.92 Å². The van der Waals surface area contributed by atoms with Gasteiger partial charge in [0.05, 0.1) is 0 Å². The molecule has 0 saturated carbocycles. The second-order valence-electron chi connectivity index (χ2n) is 5.60. The molecule has 24 heavy (non-hydrogen) atoms. The van der Waals surface area contributed by atoms with Crippen molar-refractivity contribution in [1.82, 2.24) is 5.32 Å². The number of aryl methyl sites for hydroxylation is 1. The van der Waals surface area contributed by atoms with E-state index in [4.69, 9.17) is 5.73 Å². The molecule has 2 aromatic carbocycles. The van der Waals surface area contributed by atoms with Crippen LogP contribution >= 0.6 is 0 Å². The number of hydrogen-bond donors (Lipinski definition) is 3. The van der Waals surface area contributed by atoms with Crippen LogP contribution in [0.3, 0.4) is 0 Å². The predicted octanol–water partition coefficient (Wildman–Crippen LogP) is 2.72. The van der Waals surface area contributed by atoms with Gasteiger partial charge in [-0.1, -0.05) is 24.3 Å². The molecular weight excluding hydrogens is 302 g/mol. The van der Waals surface area contributed by atoms with Crippen LogP contribution in [-0.4, -0.2) is 24.9 Å². The number of hydrogen-bond acceptors (Lipinski definition) is 3. The van der Waals surface area contributed by atoms with Gasteiger partial charge in [0.15, 0.2) is 0 Å². The zero-order chi connectivity index (χ0) is 17.4. The third-order valence-corrected chi connectivity index (χ3v) is 3.70. The molecule has 5 heteroatoms. The van der Waals surface area contributed by atoms with Gasteiger partial charge < -0.3 is 16.4 Å². The van der Waals surface area contributed by atoms with Crippen molar-refractivity contribution in [2.75, 3.05) is 18.4 Å². The Morgan fingerprint density at radius 3 is 2.42 bits per heavy atom. The van der Waals surface area contributed by atoms with Crippen LogP contribution in [0.2, 0.25) is 0 Å². The van der Waals surface area contributed by atoms with E-state index >= 15 is 0 Å². The lowest BCUT2D eigenvalue weighted by Gasteiger charge is -2.11. The van der Waals surface area contributed by atoms with Gasteiger partial charge in [-0.2, -0.15) is 0 Å². The standard InChI is InChI=1S/C19H23N3O2/c1-14-9-10-16(18(23)21-12-6-5-11-20)13-17(14)22-19(24)15-7-3-2-4-8-15/h2-4,7-10,13H,5-6,11-12,20H2,1H3,(H,21,23)(H,22,24). The maximum Gasteiger partial charge on any atom is 0.255 e. The van der Waals surface area contributed by atoms with Crippen LogP contribution in [0.4, 0.5) is 5.69 Å². The Balaban J connectivity index is 2.05. The molecule has 4 N–H and O–H groups in total. The highest BCUT2D eigenvalue weighted by Gasteiger charge is 2.11. The first-order valence-electron chi connectivity index (χ1n) is 8.07. The lowest BCUT2D eigenvalue weighted by atomic mass is 10.1. The summed E-state index contributed by atoms with van der Waals surface area (Å²) in [6, 6.07) is 14.3. The Kier molecular flexibility index (Phi) is 6.51. The number of nitrogens with one attached hydrogen (secondary N) is 2. The molecule has 5 nitrogen and oxygen atoms in total. The zero-order valence-corrected chi connectivity index (χ0v) is 13.8. The van der Waals surface area contributed by atoms with E-state index in [1.54, 1.807) is 24.3 Å². The van der Waals surface area contributed by atoms with E-state index in [1.807, 2.05) is 31.2 Å². The number of unbranched alkanes of at least 4 members (excludes halogenated alkanes) is 1. The van der Waals surface area contributed by atoms with E-state index in [0.29, 0.717) is 29.9 Å². The highest BCUT2D eigenvalue weighted by molar-refractivity contribution is 6.05. The van der Waals surface area contributed by atoms with E-state index in [9.17, 15) is 9.59 Å². The number of anilines is 1. The number of rotatable bonds is 7. The largest absolute Gasteiger partial charge is 0.352 e. The predicted molar refractivity (Wildman–Crippen MR) is 96.2 cm³/mol. The second-order valence-corrected chi connectivity index (χ2v) is 5.60. The Labute approximate surface area is 142 Å². The Hall–Kier alpha value is -2.66. The first kappa shape index (κ1) is 17.7. The van der Waals surface area contributed by atoms with Gasteiger partial charge in [-0.15, -0.1) is 0 Å². The molecule has 2 amide bonds. The minimum absolute atomic E-state index is 0.151. The highest BCUT2D eigenvalue weighted by Crippen LogP contribution is 2.18. The van der Waals surface area contributed by atoms with E-state index in [0.717, 1.165) is 18.4 Å². The van der Waals surface area contributed by atoms with Gasteiger partial charge in [-0.05, 0) is 56.1 Å². The normalized spacial score (nSPS) is 10.2. The lowest BCUT2D eigenvalue weighted by molar-refractivity contribution is 0.0951. The average molecular weight is 325 g/mol. The molecular formula is C19H23N3O2. The number of nitrogens with two attached hydrogens (primary N) is 1. The molecule has 0 aliphatic rings. The van der Waals surface area contributed by atoms with Crippen molar-refractivity contribution in [2.45, 2.75) is 19.8 Å². The van der Waals surface area contributed by atoms with Crippen LogP contribution in [0.5, 0.6) is 0 Å². The van der Waals surface area contributed by atoms with Gasteiger partial charge in [0.25, 0.3) is 11.8 Å². The summed E-state index contributed by atoms with van der Waals surface area (Å²) < 4.78 is 0. The molecule has 0 aromatic heterocycles. The van der Waals surface area contributed by atoms with Crippen LogP contribution in [0.25, 0.3) is 0 Å². The van der Waals surface area contributed by atoms with Gasteiger partial charge in [0.1, 0.15) is 0 Å². The summed E-state index contributed by atoms with van der Waals surface area (Å²) in [5.41, 5.74) is 8.08. The van der Waals surface area contributed by atoms with Gasteiger partial charge in [0, 0.05) is 23.4 Å². The maximum atomic E-state index is 12.3. The molecule has 0 atom stereocenters. The molecule has 0 aliphatic heterocycles. The highest BCUT2D eigenvalue weighted by atomic mass is 16.2. The Bertz CT molecular complexity index is 699. The minimum Gasteiger partial charge on any atom is -0.352 e. The summed E-state index contributed by atoms with van der Waals surface area (Å²) in [6.45, 7) is 3.11. The third kappa shape index (κ3) is 4.93. The van der Waals surface area contributed by atoms with Gasteiger partial charge in [-0.25, -0.2) is 0 Å². The minimum atomic E-state index is -0.195. The van der Waals surface area contributed by atoms with Crippen molar-refractivity contribution in [3.63, 3.8) is 0 Å². The van der Waals surface area contributed by atoms with Crippen molar-refractivity contribution in [2.24, 2.45) is 5.73 Å². The first-order chi connectivity index (χ1) is 11.6. The summed E-state index contributed by atoms with van der Waals surface area (Å²) in [7, 11) is 0. The van der Waals surface area contributed by atoms with E-state index in [2.05, 4.69) is 10.6 Å². The monoisotopic (exact) mass is 325 g/mol. The van der Waals surface area contributed by atoms with Crippen molar-refractivity contribution in [1.29, 1.82) is 0 Å². The number of carbonyl (C=O) groups excluding carboxylic acids is 2. The molecule has 0 radical (unpaired) electrons. The fraction of sp³-hybridized carbons (Fsp3) is 0.263. The Morgan fingerprint density at radius 2 is 1.71 bits per heavy atom. The molecule has 0 spiro atoms. The van der Waals surface area contributed by atoms with E-state index in [-0.39, 0.29) is 11.8 Å². The summed E-state index contributed by atoms with van der Waals surface area (Å²) in [5, 5.41) is 5.72. The average Bonchev–Trinajstić information content (AvgIpc) is 2.61. The summed E-state index contributed by atoms with van der Waals surface area (Å²) in [6.07, 6.45) is 1.73. The van der Waals surface area contributed by atoms with E-state index < -0.39 is 0 Å². The molecule has 0 heterocycles. The molecule has 2 rings (SSSR count). The fourth-order valence-electron chi connectivity index (χ4n) is 2.26. The fourth-order valence-corrected chi connectivity index (χ4v) is 2.26. The molecule has 0 aliphatic carbocycles. The summed E-state index contributed by atoms with van der Waals surface area (Å²) in [4.78, 5) is 24.4. The molecule has 2 aromatic rings. The number of benzene rings is 2. The lowest BCUT2D eigenvalue weighted by Crippen LogP contribution is -2.25. The van der Waals surface area contributed by atoms with Crippen molar-refractivity contribution < 1.29 is 9.59 Å². The molecule has 0 saturated heterocycles. The van der Waals surface area contributed by atoms with Gasteiger partial charge in [-0.3, -0.25) is 9.59 Å². The van der Waals surface area contributed by atoms with Crippen molar-refractivity contribution >= 4 is 17.5 Å². The summed E-state index contributed by atoms with van der Waals surface area (Å²) >= 11 is 0. The second kappa shape index (κ2) is 8.84. The van der Waals surface area contributed by atoms with Crippen molar-refractivity contribution in [3.8, 4) is 0 Å². The topological polar surface area (TPSA) is 84.2 Å². The molecule has 0 fully saturated rings. The van der Waals surface area contributed by atoms with Crippen LogP contribution in [0.15, 0.2) is 48.5 Å². The number of amides is 2. The Morgan fingerprint density at radius 1 is 0.958 bits per heavy atom. The van der Waals surface area contributed by atoms with Crippen molar-refractivity contribution in [3.05, 3.63) is 65.2 Å². The number of carbonyl (C=O) groups is 2. The van der Waals surface area contributed by atoms with Gasteiger partial charge in [0.2, 0.25) is 0 Å². The summed E-state index contributed by atoms with van der Waals surface area (Å²) in [5.74, 6) is -0.346. The van der Waals surface area contributed by atoms with Crippen LogP contribution in [-0.2, 0) is 0 Å². The van der Waals surface area contributed by atoms with Crippen LogP contribution in [0.1, 0.15) is 39.1 Å². The molecule has 126 valence electrons. The van der Waals surface area contributed by atoms with E-state index in [1.165, 1.54) is 0 Å². The zero-order valence-electron chi connectivity index (χ0n) is 13.8. The van der Waals surface area contributed by atoms with Gasteiger partial charge >= 0.3 is 0 Å². The molecule has 0 bridgehead atoms. The SMILES string of the molecule is Cc1ccc(C(=O)NCCCCN)cc1NC(=O)c1ccccc1. The molecule has 0 unspecified atom stereocenters.